The summed E-state index contributed by atoms with van der Waals surface area (Å²) in [5.41, 5.74) is 0.950. The average Bonchev–Trinajstić information content (AvgIpc) is 2.93. The molecule has 0 unspecified atom stereocenters. The van der Waals surface area contributed by atoms with Crippen LogP contribution in [0.3, 0.4) is 0 Å². The first-order valence-electron chi connectivity index (χ1n) is 12.6. The van der Waals surface area contributed by atoms with Gasteiger partial charge in [0.1, 0.15) is 24.0 Å². The summed E-state index contributed by atoms with van der Waals surface area (Å²) in [7, 11) is 0. The van der Waals surface area contributed by atoms with Gasteiger partial charge in [-0.25, -0.2) is 0 Å². The van der Waals surface area contributed by atoms with Gasteiger partial charge >= 0.3 is 0 Å². The quantitative estimate of drug-likeness (QED) is 0.259. The average molecular weight is 493 g/mol. The first kappa shape index (κ1) is 27.3. The Balaban J connectivity index is 1.53. The van der Waals surface area contributed by atoms with E-state index in [-0.39, 0.29) is 5.57 Å². The molecule has 1 aliphatic heterocycles. The van der Waals surface area contributed by atoms with Crippen LogP contribution >= 0.6 is 0 Å². The molecule has 2 aromatic rings. The Morgan fingerprint density at radius 2 is 1.89 bits per heavy atom. The molecule has 1 aromatic heterocycles. The lowest BCUT2D eigenvalue weighted by Crippen LogP contribution is -2.45. The number of pyridine rings is 1. The van der Waals surface area contributed by atoms with Crippen molar-refractivity contribution < 1.29 is 19.0 Å². The van der Waals surface area contributed by atoms with Crippen LogP contribution in [0, 0.1) is 11.3 Å². The van der Waals surface area contributed by atoms with E-state index in [1.165, 1.54) is 6.08 Å². The van der Waals surface area contributed by atoms with E-state index >= 15 is 0 Å². The molecule has 1 aliphatic rings. The van der Waals surface area contributed by atoms with Gasteiger partial charge in [0.25, 0.3) is 5.91 Å². The number of carbonyl (C=O) groups excluding carboxylic acids is 1. The van der Waals surface area contributed by atoms with Gasteiger partial charge < -0.3 is 19.5 Å². The Bertz CT molecular complexity index is 1010. The molecule has 0 bridgehead atoms. The number of hydrogen-bond donors (Lipinski definition) is 1. The van der Waals surface area contributed by atoms with Gasteiger partial charge in [-0.15, -0.1) is 0 Å². The zero-order chi connectivity index (χ0) is 25.6. The number of rotatable bonds is 13. The molecule has 8 nitrogen and oxygen atoms in total. The Morgan fingerprint density at radius 1 is 1.14 bits per heavy atom. The molecule has 1 aromatic carbocycles. The fourth-order valence-corrected chi connectivity index (χ4v) is 4.16. The highest BCUT2D eigenvalue weighted by molar-refractivity contribution is 6.01. The van der Waals surface area contributed by atoms with Crippen molar-refractivity contribution >= 4 is 12.0 Å². The van der Waals surface area contributed by atoms with Gasteiger partial charge in [0.2, 0.25) is 0 Å². The molecule has 0 spiro atoms. The largest absolute Gasteiger partial charge is 0.491 e. The highest BCUT2D eigenvalue weighted by Crippen LogP contribution is 2.30. The minimum atomic E-state index is -0.599. The van der Waals surface area contributed by atoms with Crippen molar-refractivity contribution in [3.8, 4) is 11.8 Å². The van der Waals surface area contributed by atoms with Crippen LogP contribution in [0.1, 0.15) is 37.9 Å². The molecule has 0 saturated carbocycles. The van der Waals surface area contributed by atoms with Crippen LogP contribution in [0.5, 0.6) is 5.75 Å². The summed E-state index contributed by atoms with van der Waals surface area (Å²) in [5.74, 6) is 0.331. The predicted octanol–water partition coefficient (Wildman–Crippen LogP) is 3.55. The third kappa shape index (κ3) is 7.89. The normalized spacial score (nSPS) is 14.8. The van der Waals surface area contributed by atoms with Crippen LogP contribution in [-0.4, -0.2) is 68.5 Å². The van der Waals surface area contributed by atoms with Gasteiger partial charge in [-0.2, -0.15) is 5.26 Å². The maximum absolute atomic E-state index is 13.0. The third-order valence-corrected chi connectivity index (χ3v) is 6.46. The van der Waals surface area contributed by atoms with E-state index in [0.29, 0.717) is 38.4 Å². The summed E-state index contributed by atoms with van der Waals surface area (Å²) in [4.78, 5) is 19.5. The van der Waals surface area contributed by atoms with Crippen LogP contribution in [-0.2, 0) is 19.8 Å². The van der Waals surface area contributed by atoms with Gasteiger partial charge in [0.05, 0.1) is 37.7 Å². The van der Waals surface area contributed by atoms with E-state index in [4.69, 9.17) is 14.2 Å². The number of benzene rings is 1. The Morgan fingerprint density at radius 3 is 2.53 bits per heavy atom. The van der Waals surface area contributed by atoms with Gasteiger partial charge in [-0.05, 0) is 48.7 Å². The van der Waals surface area contributed by atoms with Crippen LogP contribution in [0.4, 0.5) is 0 Å². The van der Waals surface area contributed by atoms with Gasteiger partial charge in [0, 0.05) is 25.8 Å². The number of hydrogen-bond acceptors (Lipinski definition) is 7. The van der Waals surface area contributed by atoms with Crippen molar-refractivity contribution in [1.82, 2.24) is 15.2 Å². The van der Waals surface area contributed by atoms with E-state index in [1.807, 2.05) is 50.2 Å². The maximum atomic E-state index is 13.0. The van der Waals surface area contributed by atoms with Crippen LogP contribution in [0.25, 0.3) is 6.08 Å². The number of nitrogens with one attached hydrogen (secondary N) is 1. The summed E-state index contributed by atoms with van der Waals surface area (Å²) in [6.07, 6.45) is 4.48. The predicted molar refractivity (Wildman–Crippen MR) is 138 cm³/mol. The van der Waals surface area contributed by atoms with Gasteiger partial charge in [-0.3, -0.25) is 14.7 Å². The van der Waals surface area contributed by atoms with Crippen LogP contribution < -0.4 is 10.1 Å². The van der Waals surface area contributed by atoms with Crippen molar-refractivity contribution in [2.45, 2.75) is 32.2 Å². The first-order valence-corrected chi connectivity index (χ1v) is 12.6. The highest BCUT2D eigenvalue weighted by Gasteiger charge is 2.31. The molecule has 0 aliphatic carbocycles. The van der Waals surface area contributed by atoms with E-state index in [9.17, 15) is 10.1 Å². The molecule has 3 rings (SSSR count). The van der Waals surface area contributed by atoms with Crippen molar-refractivity contribution in [2.75, 3.05) is 52.7 Å². The zero-order valence-corrected chi connectivity index (χ0v) is 21.2. The van der Waals surface area contributed by atoms with Crippen LogP contribution in [0.2, 0.25) is 0 Å². The highest BCUT2D eigenvalue weighted by atomic mass is 16.5. The summed E-state index contributed by atoms with van der Waals surface area (Å²) in [6, 6.07) is 15.1. The number of ether oxygens (including phenoxy) is 3. The van der Waals surface area contributed by atoms with Crippen molar-refractivity contribution in [3.05, 3.63) is 65.5 Å². The molecule has 8 heteroatoms. The smallest absolute Gasteiger partial charge is 0.262 e. The first-order chi connectivity index (χ1) is 17.6. The Hall–Kier alpha value is -3.25. The van der Waals surface area contributed by atoms with E-state index < -0.39 is 11.4 Å². The van der Waals surface area contributed by atoms with E-state index in [2.05, 4.69) is 15.2 Å². The van der Waals surface area contributed by atoms with Crippen molar-refractivity contribution in [2.24, 2.45) is 0 Å². The van der Waals surface area contributed by atoms with Crippen LogP contribution in [0.15, 0.2) is 54.2 Å². The molecule has 1 amide bonds. The number of aromatic nitrogens is 1. The molecule has 1 N–H and O–H groups in total. The van der Waals surface area contributed by atoms with E-state index in [1.54, 1.807) is 18.3 Å². The Labute approximate surface area is 213 Å². The molecule has 1 saturated heterocycles. The summed E-state index contributed by atoms with van der Waals surface area (Å²) < 4.78 is 16.9. The zero-order valence-electron chi connectivity index (χ0n) is 21.2. The molecule has 0 atom stereocenters. The summed E-state index contributed by atoms with van der Waals surface area (Å²) >= 11 is 0. The molecular weight excluding hydrogens is 456 g/mol. The third-order valence-electron chi connectivity index (χ3n) is 6.46. The molecule has 2 heterocycles. The number of amides is 1. The van der Waals surface area contributed by atoms with E-state index in [0.717, 1.165) is 44.2 Å². The lowest BCUT2D eigenvalue weighted by atomic mass is 9.84. The number of carbonyl (C=O) groups is 1. The number of nitrogens with zero attached hydrogens (tertiary/aromatic N) is 3. The monoisotopic (exact) mass is 492 g/mol. The lowest BCUT2D eigenvalue weighted by molar-refractivity contribution is -0.119. The molecule has 192 valence electrons. The van der Waals surface area contributed by atoms with Crippen molar-refractivity contribution in [1.29, 1.82) is 5.26 Å². The van der Waals surface area contributed by atoms with Gasteiger partial charge in [0.15, 0.2) is 0 Å². The number of nitriles is 1. The summed E-state index contributed by atoms with van der Waals surface area (Å²) in [6.45, 7) is 10.1. The minimum absolute atomic E-state index is 0.0218. The SMILES string of the molecule is CCC(CC)(NC(=O)/C(C#N)=C/c1ccccn1)c1ccc(OCCOCCN2CCOCC2)cc1. The molecule has 1 fully saturated rings. The second kappa shape index (κ2) is 14.3. The molecular formula is C28H36N4O4. The Kier molecular flexibility index (Phi) is 10.9. The summed E-state index contributed by atoms with van der Waals surface area (Å²) in [5, 5.41) is 12.7. The maximum Gasteiger partial charge on any atom is 0.262 e. The second-order valence-corrected chi connectivity index (χ2v) is 8.61. The fourth-order valence-electron chi connectivity index (χ4n) is 4.16. The number of morpholine rings is 1. The standard InChI is InChI=1S/C28H36N4O4/c1-3-28(4-2,31-27(33)23(22-29)21-25-7-5-6-12-30-25)24-8-10-26(11-9-24)36-20-19-35-18-15-32-13-16-34-17-14-32/h5-12,21H,3-4,13-20H2,1-2H3,(H,31,33)/b23-21+. The molecule has 0 radical (unpaired) electrons. The topological polar surface area (TPSA) is 96.7 Å². The fraction of sp³-hybridized carbons (Fsp3) is 0.464. The second-order valence-electron chi connectivity index (χ2n) is 8.61. The lowest BCUT2D eigenvalue weighted by Gasteiger charge is -2.33. The van der Waals surface area contributed by atoms with Crippen molar-refractivity contribution in [3.63, 3.8) is 0 Å². The minimum Gasteiger partial charge on any atom is -0.491 e. The molecule has 36 heavy (non-hydrogen) atoms. The van der Waals surface area contributed by atoms with Gasteiger partial charge in [-0.1, -0.05) is 32.0 Å².